The van der Waals surface area contributed by atoms with Crippen molar-refractivity contribution in [3.8, 4) is 0 Å². The fraction of sp³-hybridized carbons (Fsp3) is 0. The first kappa shape index (κ1) is 12.1. The Kier molecular flexibility index (Phi) is 4.18. The number of halogens is 2. The van der Waals surface area contributed by atoms with Gasteiger partial charge in [0.15, 0.2) is 0 Å². The average molecular weight is 310 g/mol. The lowest BCUT2D eigenvalue weighted by Crippen LogP contribution is -1.90. The van der Waals surface area contributed by atoms with E-state index in [0.29, 0.717) is 5.02 Å². The first-order valence-corrected chi connectivity index (χ1v) is 6.21. The molecule has 1 N–H and O–H groups in total. The first-order chi connectivity index (χ1) is 8.24. The van der Waals surface area contributed by atoms with Crippen LogP contribution in [0.5, 0.6) is 0 Å². The van der Waals surface area contributed by atoms with Crippen LogP contribution in [0.2, 0.25) is 5.02 Å². The molecule has 0 aliphatic carbocycles. The molecule has 0 aromatic heterocycles. The highest BCUT2D eigenvalue weighted by atomic mass is 79.9. The fourth-order valence-corrected chi connectivity index (χ4v) is 1.84. The molecular weight excluding hydrogens is 300 g/mol. The Bertz CT molecular complexity index is 523. The van der Waals surface area contributed by atoms with Gasteiger partial charge in [0.2, 0.25) is 0 Å². The van der Waals surface area contributed by atoms with Crippen molar-refractivity contribution in [2.45, 2.75) is 0 Å². The number of benzene rings is 2. The van der Waals surface area contributed by atoms with Crippen LogP contribution in [0.3, 0.4) is 0 Å². The van der Waals surface area contributed by atoms with E-state index in [2.05, 4.69) is 26.5 Å². The summed E-state index contributed by atoms with van der Waals surface area (Å²) in [5.41, 5.74) is 4.87. The molecule has 2 rings (SSSR count). The predicted molar refractivity (Wildman–Crippen MR) is 76.8 cm³/mol. The van der Waals surface area contributed by atoms with Crippen molar-refractivity contribution in [3.63, 3.8) is 0 Å². The molecule has 0 amide bonds. The van der Waals surface area contributed by atoms with E-state index in [4.69, 9.17) is 11.6 Å². The van der Waals surface area contributed by atoms with Crippen molar-refractivity contribution >= 4 is 39.4 Å². The second-order valence-electron chi connectivity index (χ2n) is 3.43. The first-order valence-electron chi connectivity index (χ1n) is 5.04. The highest BCUT2D eigenvalue weighted by Crippen LogP contribution is 2.13. The highest BCUT2D eigenvalue weighted by molar-refractivity contribution is 9.10. The van der Waals surface area contributed by atoms with E-state index in [1.807, 2.05) is 48.5 Å². The second-order valence-corrected chi connectivity index (χ2v) is 4.78. The van der Waals surface area contributed by atoms with Gasteiger partial charge in [-0.25, -0.2) is 0 Å². The molecule has 0 heterocycles. The van der Waals surface area contributed by atoms with Crippen LogP contribution in [-0.2, 0) is 0 Å². The topological polar surface area (TPSA) is 24.4 Å². The summed E-state index contributed by atoms with van der Waals surface area (Å²) < 4.78 is 1.04. The Hall–Kier alpha value is -1.32. The fourth-order valence-electron chi connectivity index (χ4n) is 1.29. The van der Waals surface area contributed by atoms with Crippen LogP contribution in [0, 0.1) is 0 Å². The van der Waals surface area contributed by atoms with Crippen LogP contribution in [0.15, 0.2) is 58.1 Å². The maximum absolute atomic E-state index is 5.79. The minimum Gasteiger partial charge on any atom is -0.279 e. The second kappa shape index (κ2) is 5.84. The summed E-state index contributed by atoms with van der Waals surface area (Å²) in [6, 6.07) is 15.3. The summed E-state index contributed by atoms with van der Waals surface area (Å²) in [4.78, 5) is 0. The lowest BCUT2D eigenvalue weighted by Gasteiger charge is -1.99. The van der Waals surface area contributed by atoms with Crippen LogP contribution in [0.4, 0.5) is 5.69 Å². The molecule has 0 radical (unpaired) electrons. The predicted octanol–water partition coefficient (Wildman–Crippen LogP) is 4.55. The van der Waals surface area contributed by atoms with Crippen molar-refractivity contribution in [2.75, 3.05) is 5.43 Å². The van der Waals surface area contributed by atoms with E-state index >= 15 is 0 Å². The molecular formula is C13H10BrClN2. The third-order valence-corrected chi connectivity index (χ3v) is 2.85. The van der Waals surface area contributed by atoms with E-state index in [9.17, 15) is 0 Å². The number of anilines is 1. The van der Waals surface area contributed by atoms with E-state index in [1.165, 1.54) is 0 Å². The van der Waals surface area contributed by atoms with Gasteiger partial charge in [0.1, 0.15) is 0 Å². The summed E-state index contributed by atoms with van der Waals surface area (Å²) in [7, 11) is 0. The van der Waals surface area contributed by atoms with E-state index < -0.39 is 0 Å². The minimum atomic E-state index is 0.714. The standard InChI is InChI=1S/C13H10BrClN2/c14-11-3-1-2-10(8-11)9-16-17-13-6-4-12(15)5-7-13/h1-9,17H/b16-9-. The van der Waals surface area contributed by atoms with Crippen molar-refractivity contribution in [3.05, 3.63) is 63.6 Å². The van der Waals surface area contributed by atoms with Gasteiger partial charge < -0.3 is 0 Å². The smallest absolute Gasteiger partial charge is 0.0562 e. The van der Waals surface area contributed by atoms with Crippen molar-refractivity contribution < 1.29 is 0 Å². The molecule has 0 unspecified atom stereocenters. The average Bonchev–Trinajstić information content (AvgIpc) is 2.32. The Labute approximate surface area is 113 Å². The molecule has 0 atom stereocenters. The van der Waals surface area contributed by atoms with Gasteiger partial charge in [-0.15, -0.1) is 0 Å². The quantitative estimate of drug-likeness (QED) is 0.653. The minimum absolute atomic E-state index is 0.714. The normalized spacial score (nSPS) is 10.7. The molecule has 86 valence electrons. The zero-order valence-electron chi connectivity index (χ0n) is 8.90. The monoisotopic (exact) mass is 308 g/mol. The molecule has 0 bridgehead atoms. The Morgan fingerprint density at radius 1 is 1.12 bits per heavy atom. The van der Waals surface area contributed by atoms with Gasteiger partial charge in [-0.1, -0.05) is 39.7 Å². The summed E-state index contributed by atoms with van der Waals surface area (Å²) in [5, 5.41) is 4.86. The van der Waals surface area contributed by atoms with Crippen molar-refractivity contribution in [1.29, 1.82) is 0 Å². The molecule has 2 nitrogen and oxygen atoms in total. The molecule has 0 spiro atoms. The zero-order valence-corrected chi connectivity index (χ0v) is 11.2. The van der Waals surface area contributed by atoms with Gasteiger partial charge in [0.25, 0.3) is 0 Å². The van der Waals surface area contributed by atoms with Gasteiger partial charge in [0.05, 0.1) is 11.9 Å². The maximum Gasteiger partial charge on any atom is 0.0562 e. The number of nitrogens with zero attached hydrogens (tertiary/aromatic N) is 1. The van der Waals surface area contributed by atoms with Crippen LogP contribution in [-0.4, -0.2) is 6.21 Å². The van der Waals surface area contributed by atoms with Crippen LogP contribution in [0.1, 0.15) is 5.56 Å². The molecule has 17 heavy (non-hydrogen) atoms. The van der Waals surface area contributed by atoms with Gasteiger partial charge in [-0.05, 0) is 42.0 Å². The lowest BCUT2D eigenvalue weighted by atomic mass is 10.2. The molecule has 0 aliphatic rings. The highest BCUT2D eigenvalue weighted by Gasteiger charge is 1.91. The molecule has 4 heteroatoms. The van der Waals surface area contributed by atoms with Gasteiger partial charge in [-0.3, -0.25) is 5.43 Å². The zero-order chi connectivity index (χ0) is 12.1. The summed E-state index contributed by atoms with van der Waals surface area (Å²) in [6.45, 7) is 0. The molecule has 2 aromatic rings. The summed E-state index contributed by atoms with van der Waals surface area (Å²) >= 11 is 9.20. The Balaban J connectivity index is 2.00. The molecule has 0 saturated heterocycles. The maximum atomic E-state index is 5.79. The molecule has 0 fully saturated rings. The van der Waals surface area contributed by atoms with Crippen molar-refractivity contribution in [2.24, 2.45) is 5.10 Å². The van der Waals surface area contributed by atoms with Gasteiger partial charge in [-0.2, -0.15) is 5.10 Å². The third-order valence-electron chi connectivity index (χ3n) is 2.10. The number of hydrogen-bond acceptors (Lipinski definition) is 2. The Morgan fingerprint density at radius 3 is 2.59 bits per heavy atom. The van der Waals surface area contributed by atoms with E-state index in [0.717, 1.165) is 15.7 Å². The van der Waals surface area contributed by atoms with E-state index in [1.54, 1.807) is 6.21 Å². The van der Waals surface area contributed by atoms with Crippen molar-refractivity contribution in [1.82, 2.24) is 0 Å². The van der Waals surface area contributed by atoms with Crippen LogP contribution in [0.25, 0.3) is 0 Å². The Morgan fingerprint density at radius 2 is 1.88 bits per heavy atom. The van der Waals surface area contributed by atoms with Crippen LogP contribution >= 0.6 is 27.5 Å². The molecule has 0 aliphatic heterocycles. The third kappa shape index (κ3) is 3.88. The lowest BCUT2D eigenvalue weighted by molar-refractivity contribution is 1.35. The molecule has 0 saturated carbocycles. The number of rotatable bonds is 3. The van der Waals surface area contributed by atoms with Gasteiger partial charge in [0, 0.05) is 9.50 Å². The largest absolute Gasteiger partial charge is 0.279 e. The SMILES string of the molecule is Clc1ccc(N/N=C\c2cccc(Br)c2)cc1. The number of nitrogens with one attached hydrogen (secondary N) is 1. The number of hydrazone groups is 1. The van der Waals surface area contributed by atoms with Crippen LogP contribution < -0.4 is 5.43 Å². The summed E-state index contributed by atoms with van der Waals surface area (Å²) in [6.07, 6.45) is 1.76. The van der Waals surface area contributed by atoms with E-state index in [-0.39, 0.29) is 0 Å². The number of hydrogen-bond donors (Lipinski definition) is 1. The molecule has 2 aromatic carbocycles. The summed E-state index contributed by atoms with van der Waals surface area (Å²) in [5.74, 6) is 0. The van der Waals surface area contributed by atoms with Gasteiger partial charge >= 0.3 is 0 Å².